The van der Waals surface area contributed by atoms with Crippen molar-refractivity contribution in [3.05, 3.63) is 53.9 Å². The van der Waals surface area contributed by atoms with Crippen molar-refractivity contribution in [3.63, 3.8) is 0 Å². The van der Waals surface area contributed by atoms with Gasteiger partial charge in [0, 0.05) is 31.9 Å². The highest BCUT2D eigenvalue weighted by atomic mass is 16.2. The summed E-state index contributed by atoms with van der Waals surface area (Å²) >= 11 is 0. The summed E-state index contributed by atoms with van der Waals surface area (Å²) in [6.45, 7) is 5.32. The number of rotatable bonds is 2. The lowest BCUT2D eigenvalue weighted by Crippen LogP contribution is -2.29. The second-order valence-corrected chi connectivity index (χ2v) is 6.50. The predicted octanol–water partition coefficient (Wildman–Crippen LogP) is 2.00. The molecule has 1 aliphatic rings. The first kappa shape index (κ1) is 18.6. The molecule has 1 fully saturated rings. The van der Waals surface area contributed by atoms with Crippen LogP contribution >= 0.6 is 0 Å². The molecule has 1 aliphatic heterocycles. The van der Waals surface area contributed by atoms with Gasteiger partial charge >= 0.3 is 0 Å². The van der Waals surface area contributed by atoms with Gasteiger partial charge in [-0.1, -0.05) is 19.4 Å². The molecule has 0 saturated carbocycles. The van der Waals surface area contributed by atoms with E-state index in [9.17, 15) is 9.59 Å². The number of aryl methyl sites for hydroxylation is 1. The molecule has 0 radical (unpaired) electrons. The number of amides is 1. The Morgan fingerprint density at radius 2 is 1.93 bits per heavy atom. The minimum Gasteiger partial charge on any atom is -0.339 e. The molecule has 0 unspecified atom stereocenters. The molecule has 0 bridgehead atoms. The molecule has 142 valence electrons. The predicted molar refractivity (Wildman–Crippen MR) is 103 cm³/mol. The molecule has 4 heterocycles. The second kappa shape index (κ2) is 8.48. The number of aromatic amines is 1. The summed E-state index contributed by atoms with van der Waals surface area (Å²) < 4.78 is 3.24. The zero-order valence-electron chi connectivity index (χ0n) is 15.5. The van der Waals surface area contributed by atoms with Gasteiger partial charge in [-0.05, 0) is 25.0 Å². The third-order valence-electron chi connectivity index (χ3n) is 4.51. The maximum absolute atomic E-state index is 11.7. The Morgan fingerprint density at radius 1 is 1.19 bits per heavy atom. The van der Waals surface area contributed by atoms with Crippen LogP contribution in [0.1, 0.15) is 25.7 Å². The lowest BCUT2D eigenvalue weighted by atomic mass is 10.2. The van der Waals surface area contributed by atoms with Gasteiger partial charge in [0.25, 0.3) is 5.56 Å². The summed E-state index contributed by atoms with van der Waals surface area (Å²) in [5.41, 5.74) is 1.94. The van der Waals surface area contributed by atoms with Crippen molar-refractivity contribution in [2.45, 2.75) is 25.7 Å². The molecule has 1 N–H and O–H groups in total. The quantitative estimate of drug-likeness (QED) is 0.701. The third kappa shape index (κ3) is 4.52. The van der Waals surface area contributed by atoms with Gasteiger partial charge in [-0.2, -0.15) is 10.2 Å². The van der Waals surface area contributed by atoms with E-state index >= 15 is 0 Å². The average Bonchev–Trinajstić information content (AvgIpc) is 3.23. The van der Waals surface area contributed by atoms with Crippen LogP contribution in [0, 0.1) is 0 Å². The van der Waals surface area contributed by atoms with Crippen LogP contribution in [-0.2, 0) is 11.8 Å². The third-order valence-corrected chi connectivity index (χ3v) is 4.51. The Labute approximate surface area is 157 Å². The summed E-state index contributed by atoms with van der Waals surface area (Å²) in [6, 6.07) is 1.67. The molecule has 1 saturated heterocycles. The van der Waals surface area contributed by atoms with Gasteiger partial charge in [-0.3, -0.25) is 14.3 Å². The van der Waals surface area contributed by atoms with Crippen LogP contribution in [-0.4, -0.2) is 48.3 Å². The van der Waals surface area contributed by atoms with E-state index in [1.165, 1.54) is 18.9 Å². The molecule has 3 aromatic rings. The Hall–Kier alpha value is -3.16. The highest BCUT2D eigenvalue weighted by Crippen LogP contribution is 2.13. The van der Waals surface area contributed by atoms with Crippen LogP contribution in [0.25, 0.3) is 16.8 Å². The maximum atomic E-state index is 11.7. The number of carbonyl (C=O) groups is 1. The lowest BCUT2D eigenvalue weighted by molar-refractivity contribution is -0.125. The summed E-state index contributed by atoms with van der Waals surface area (Å²) in [7, 11) is 1.83. The Bertz CT molecular complexity index is 975. The molecule has 0 spiro atoms. The molecule has 0 aromatic carbocycles. The van der Waals surface area contributed by atoms with Crippen molar-refractivity contribution in [3.8, 4) is 11.3 Å². The molecule has 1 amide bonds. The molecule has 0 atom stereocenters. The van der Waals surface area contributed by atoms with Gasteiger partial charge in [-0.25, -0.2) is 4.52 Å². The summed E-state index contributed by atoms with van der Waals surface area (Å²) in [5.74, 6) is 0.0897. The van der Waals surface area contributed by atoms with Crippen molar-refractivity contribution in [2.75, 3.05) is 13.1 Å². The maximum Gasteiger partial charge on any atom is 0.274 e. The van der Waals surface area contributed by atoms with E-state index in [4.69, 9.17) is 0 Å². The van der Waals surface area contributed by atoms with Crippen molar-refractivity contribution in [1.82, 2.24) is 29.3 Å². The molecule has 3 aromatic heterocycles. The monoisotopic (exact) mass is 368 g/mol. The zero-order valence-corrected chi connectivity index (χ0v) is 15.5. The number of hydrogen-bond acceptors (Lipinski definition) is 4. The fourth-order valence-electron chi connectivity index (χ4n) is 3.07. The number of hydrogen-bond donors (Lipinski definition) is 1. The second-order valence-electron chi connectivity index (χ2n) is 6.50. The number of nitrogens with zero attached hydrogens (tertiary/aromatic N) is 5. The smallest absolute Gasteiger partial charge is 0.274 e. The van der Waals surface area contributed by atoms with Gasteiger partial charge in [0.2, 0.25) is 5.91 Å². The van der Waals surface area contributed by atoms with Crippen molar-refractivity contribution in [2.24, 2.45) is 7.05 Å². The van der Waals surface area contributed by atoms with E-state index in [-0.39, 0.29) is 11.5 Å². The van der Waals surface area contributed by atoms with Crippen LogP contribution in [0.15, 0.2) is 48.3 Å². The topological polar surface area (TPSA) is 88.3 Å². The minimum atomic E-state index is -0.154. The highest BCUT2D eigenvalue weighted by molar-refractivity contribution is 5.86. The number of H-pyrrole nitrogens is 1. The summed E-state index contributed by atoms with van der Waals surface area (Å²) in [4.78, 5) is 27.5. The van der Waals surface area contributed by atoms with E-state index in [1.54, 1.807) is 33.9 Å². The fraction of sp³-hybridized carbons (Fsp3) is 0.368. The van der Waals surface area contributed by atoms with E-state index in [1.807, 2.05) is 18.1 Å². The number of aromatic nitrogens is 5. The minimum absolute atomic E-state index is 0.0897. The van der Waals surface area contributed by atoms with E-state index in [0.29, 0.717) is 11.2 Å². The molecule has 27 heavy (non-hydrogen) atoms. The Kier molecular flexibility index (Phi) is 5.85. The zero-order chi connectivity index (χ0) is 19.2. The first-order valence-corrected chi connectivity index (χ1v) is 9.05. The molecular weight excluding hydrogens is 344 g/mol. The van der Waals surface area contributed by atoms with Crippen molar-refractivity contribution in [1.29, 1.82) is 0 Å². The summed E-state index contributed by atoms with van der Waals surface area (Å²) in [5, 5.41) is 8.10. The van der Waals surface area contributed by atoms with Crippen LogP contribution in [0.2, 0.25) is 0 Å². The Balaban J connectivity index is 0.000000168. The highest BCUT2D eigenvalue weighted by Gasteiger charge is 2.11. The number of fused-ring (bicyclic) bond motifs is 1. The van der Waals surface area contributed by atoms with Crippen LogP contribution in [0.3, 0.4) is 0 Å². The molecule has 8 heteroatoms. The SMILES string of the molecule is C=CC(=O)N1CCCCCC1.Cn1cc(-c2cn3nccc3c(=O)[nH]2)cn1. The van der Waals surface area contributed by atoms with Crippen molar-refractivity contribution < 1.29 is 4.79 Å². The first-order chi connectivity index (χ1) is 13.1. The average molecular weight is 368 g/mol. The molecular formula is C19H24N6O2. The van der Waals surface area contributed by atoms with Gasteiger partial charge in [0.05, 0.1) is 24.3 Å². The standard InChI is InChI=1S/C10H9N5O.C9H15NO/c1-14-5-7(4-12-14)8-6-15-9(2-3-11-15)10(16)13-8;1-2-9(11)10-7-5-3-4-6-8-10/h2-6H,1H3,(H,13,16);2H,1,3-8H2. The fourth-order valence-corrected chi connectivity index (χ4v) is 3.07. The number of nitrogens with one attached hydrogen (secondary N) is 1. The van der Waals surface area contributed by atoms with Crippen LogP contribution in [0.4, 0.5) is 0 Å². The van der Waals surface area contributed by atoms with Crippen LogP contribution in [0.5, 0.6) is 0 Å². The van der Waals surface area contributed by atoms with Crippen LogP contribution < -0.4 is 5.56 Å². The normalized spacial score (nSPS) is 14.3. The molecule has 4 rings (SSSR count). The number of carbonyl (C=O) groups excluding carboxylic acids is 1. The molecule has 8 nitrogen and oxygen atoms in total. The lowest BCUT2D eigenvalue weighted by Gasteiger charge is -2.17. The Morgan fingerprint density at radius 3 is 2.56 bits per heavy atom. The van der Waals surface area contributed by atoms with Gasteiger partial charge in [0.1, 0.15) is 5.52 Å². The summed E-state index contributed by atoms with van der Waals surface area (Å²) in [6.07, 6.45) is 13.1. The van der Waals surface area contributed by atoms with Gasteiger partial charge < -0.3 is 9.88 Å². The largest absolute Gasteiger partial charge is 0.339 e. The molecule has 0 aliphatic carbocycles. The number of likely N-dealkylation sites (tertiary alicyclic amines) is 1. The van der Waals surface area contributed by atoms with E-state index in [2.05, 4.69) is 21.8 Å². The van der Waals surface area contributed by atoms with E-state index < -0.39 is 0 Å². The van der Waals surface area contributed by atoms with Gasteiger partial charge in [0.15, 0.2) is 0 Å². The van der Waals surface area contributed by atoms with Crippen molar-refractivity contribution >= 4 is 11.4 Å². The van der Waals surface area contributed by atoms with Gasteiger partial charge in [-0.15, -0.1) is 0 Å². The van der Waals surface area contributed by atoms with E-state index in [0.717, 1.165) is 31.5 Å². The first-order valence-electron chi connectivity index (χ1n) is 9.05.